The van der Waals surface area contributed by atoms with Crippen molar-refractivity contribution in [1.29, 1.82) is 0 Å². The fourth-order valence-electron chi connectivity index (χ4n) is 0.880. The third kappa shape index (κ3) is 6.17. The normalized spacial score (nSPS) is 24.0. The van der Waals surface area contributed by atoms with Crippen LogP contribution in [0.4, 0.5) is 0 Å². The predicted molar refractivity (Wildman–Crippen MR) is 56.3 cm³/mol. The summed E-state index contributed by atoms with van der Waals surface area (Å²) in [6.45, 7) is 3.58. The molecule has 12 heavy (non-hydrogen) atoms. The van der Waals surface area contributed by atoms with Gasteiger partial charge < -0.3 is 9.47 Å². The van der Waals surface area contributed by atoms with E-state index < -0.39 is 0 Å². The first-order chi connectivity index (χ1) is 6.00. The Hall–Kier alpha value is 0.620. The largest absolute Gasteiger partial charge is 0.380 e. The Kier molecular flexibility index (Phi) is 7.34. The molecular formula is C8H16O2S2. The van der Waals surface area contributed by atoms with E-state index in [1.807, 2.05) is 23.5 Å². The number of hydrogen-bond acceptors (Lipinski definition) is 4. The fourth-order valence-corrected chi connectivity index (χ4v) is 2.23. The maximum absolute atomic E-state index is 5.42. The van der Waals surface area contributed by atoms with Gasteiger partial charge in [-0.25, -0.2) is 0 Å². The average molecular weight is 208 g/mol. The third-order valence-electron chi connectivity index (χ3n) is 1.49. The zero-order valence-electron chi connectivity index (χ0n) is 7.29. The van der Waals surface area contributed by atoms with Gasteiger partial charge in [0.05, 0.1) is 26.4 Å². The maximum atomic E-state index is 5.42. The molecule has 1 rings (SSSR count). The molecule has 1 aliphatic heterocycles. The van der Waals surface area contributed by atoms with Crippen LogP contribution in [0.3, 0.4) is 0 Å². The molecule has 0 radical (unpaired) electrons. The molecular weight excluding hydrogens is 192 g/mol. The number of rotatable bonds is 0. The van der Waals surface area contributed by atoms with Gasteiger partial charge in [-0.2, -0.15) is 23.5 Å². The molecule has 72 valence electrons. The lowest BCUT2D eigenvalue weighted by atomic mass is 10.8. The van der Waals surface area contributed by atoms with E-state index in [1.54, 1.807) is 0 Å². The monoisotopic (exact) mass is 208 g/mol. The van der Waals surface area contributed by atoms with Crippen molar-refractivity contribution in [1.82, 2.24) is 0 Å². The van der Waals surface area contributed by atoms with Crippen molar-refractivity contribution in [3.8, 4) is 0 Å². The molecule has 1 heterocycles. The molecule has 4 heteroatoms. The van der Waals surface area contributed by atoms with Crippen LogP contribution in [0.2, 0.25) is 0 Å². The van der Waals surface area contributed by atoms with Crippen molar-refractivity contribution < 1.29 is 9.47 Å². The molecule has 0 bridgehead atoms. The summed E-state index contributed by atoms with van der Waals surface area (Å²) < 4.78 is 10.8. The fraction of sp³-hybridized carbons (Fsp3) is 1.00. The lowest BCUT2D eigenvalue weighted by Gasteiger charge is -2.07. The molecule has 0 aromatic heterocycles. The van der Waals surface area contributed by atoms with Crippen molar-refractivity contribution in [2.75, 3.05) is 49.4 Å². The summed E-state index contributed by atoms with van der Waals surface area (Å²) in [5.74, 6) is 4.42. The highest BCUT2D eigenvalue weighted by molar-refractivity contribution is 7.99. The van der Waals surface area contributed by atoms with Gasteiger partial charge in [-0.15, -0.1) is 0 Å². The van der Waals surface area contributed by atoms with Crippen molar-refractivity contribution in [2.24, 2.45) is 0 Å². The van der Waals surface area contributed by atoms with E-state index in [1.165, 1.54) is 0 Å². The van der Waals surface area contributed by atoms with Crippen LogP contribution >= 0.6 is 23.5 Å². The lowest BCUT2D eigenvalue weighted by molar-refractivity contribution is 0.161. The Balaban J connectivity index is 2.00. The van der Waals surface area contributed by atoms with Gasteiger partial charge in [0.2, 0.25) is 0 Å². The van der Waals surface area contributed by atoms with E-state index in [4.69, 9.17) is 9.47 Å². The smallest absolute Gasteiger partial charge is 0.0557 e. The van der Waals surface area contributed by atoms with Gasteiger partial charge in [0.15, 0.2) is 0 Å². The summed E-state index contributed by atoms with van der Waals surface area (Å²) in [6.07, 6.45) is 0. The molecule has 0 saturated carbocycles. The molecule has 0 atom stereocenters. The molecule has 0 aliphatic carbocycles. The highest BCUT2D eigenvalue weighted by Crippen LogP contribution is 2.04. The summed E-state index contributed by atoms with van der Waals surface area (Å²) >= 11 is 3.82. The molecule has 0 N–H and O–H groups in total. The van der Waals surface area contributed by atoms with Crippen LogP contribution in [0.15, 0.2) is 0 Å². The van der Waals surface area contributed by atoms with Gasteiger partial charge in [0.1, 0.15) is 0 Å². The number of thioether (sulfide) groups is 2. The minimum atomic E-state index is 0.894. The van der Waals surface area contributed by atoms with Crippen LogP contribution in [-0.2, 0) is 9.47 Å². The van der Waals surface area contributed by atoms with E-state index in [0.717, 1.165) is 49.4 Å². The Labute approximate surface area is 82.8 Å². The van der Waals surface area contributed by atoms with Crippen molar-refractivity contribution in [2.45, 2.75) is 0 Å². The van der Waals surface area contributed by atoms with Gasteiger partial charge in [0.25, 0.3) is 0 Å². The Morgan fingerprint density at radius 1 is 0.583 bits per heavy atom. The Morgan fingerprint density at radius 3 is 1.25 bits per heavy atom. The quantitative estimate of drug-likeness (QED) is 0.600. The SMILES string of the molecule is C1CSCCOCCSCCO1. The van der Waals surface area contributed by atoms with Crippen LogP contribution in [0.1, 0.15) is 0 Å². The molecule has 0 aromatic carbocycles. The van der Waals surface area contributed by atoms with E-state index >= 15 is 0 Å². The van der Waals surface area contributed by atoms with Gasteiger partial charge >= 0.3 is 0 Å². The van der Waals surface area contributed by atoms with E-state index in [2.05, 4.69) is 0 Å². The maximum Gasteiger partial charge on any atom is 0.0557 e. The van der Waals surface area contributed by atoms with Crippen LogP contribution in [0.25, 0.3) is 0 Å². The molecule has 1 fully saturated rings. The topological polar surface area (TPSA) is 18.5 Å². The average Bonchev–Trinajstić information content (AvgIpc) is 2.05. The third-order valence-corrected chi connectivity index (χ3v) is 3.31. The zero-order chi connectivity index (χ0) is 8.49. The second-order valence-corrected chi connectivity index (χ2v) is 4.90. The summed E-state index contributed by atoms with van der Waals surface area (Å²) in [6, 6.07) is 0. The van der Waals surface area contributed by atoms with Crippen LogP contribution in [-0.4, -0.2) is 49.4 Å². The summed E-state index contributed by atoms with van der Waals surface area (Å²) in [5.41, 5.74) is 0. The lowest BCUT2D eigenvalue weighted by Crippen LogP contribution is -2.08. The molecule has 0 amide bonds. The highest BCUT2D eigenvalue weighted by atomic mass is 32.2. The standard InChI is InChI=1S/C8H16O2S2/c1-5-11-7-3-10-4-8-12-6-2-9-1/h1-8H2. The van der Waals surface area contributed by atoms with Gasteiger partial charge in [-0.1, -0.05) is 0 Å². The molecule has 2 nitrogen and oxygen atoms in total. The number of ether oxygens (including phenoxy) is 2. The second kappa shape index (κ2) is 8.23. The van der Waals surface area contributed by atoms with Gasteiger partial charge in [-0.3, -0.25) is 0 Å². The van der Waals surface area contributed by atoms with Crippen molar-refractivity contribution >= 4 is 23.5 Å². The van der Waals surface area contributed by atoms with E-state index in [9.17, 15) is 0 Å². The molecule has 1 aliphatic rings. The van der Waals surface area contributed by atoms with Gasteiger partial charge in [0, 0.05) is 23.0 Å². The first-order valence-corrected chi connectivity index (χ1v) is 6.62. The molecule has 0 unspecified atom stereocenters. The van der Waals surface area contributed by atoms with Crippen molar-refractivity contribution in [3.63, 3.8) is 0 Å². The summed E-state index contributed by atoms with van der Waals surface area (Å²) in [5, 5.41) is 0. The van der Waals surface area contributed by atoms with Crippen molar-refractivity contribution in [3.05, 3.63) is 0 Å². The Bertz CT molecular complexity index is 58.0. The predicted octanol–water partition coefficient (Wildman–Crippen LogP) is 1.50. The van der Waals surface area contributed by atoms with Crippen LogP contribution in [0, 0.1) is 0 Å². The first-order valence-electron chi connectivity index (χ1n) is 4.31. The van der Waals surface area contributed by atoms with E-state index in [-0.39, 0.29) is 0 Å². The molecule has 1 saturated heterocycles. The minimum absolute atomic E-state index is 0.894. The summed E-state index contributed by atoms with van der Waals surface area (Å²) in [4.78, 5) is 0. The number of hydrogen-bond donors (Lipinski definition) is 0. The molecule has 0 aromatic rings. The highest BCUT2D eigenvalue weighted by Gasteiger charge is 1.95. The van der Waals surface area contributed by atoms with Crippen LogP contribution < -0.4 is 0 Å². The minimum Gasteiger partial charge on any atom is -0.380 e. The Morgan fingerprint density at radius 2 is 0.917 bits per heavy atom. The van der Waals surface area contributed by atoms with Gasteiger partial charge in [-0.05, 0) is 0 Å². The second-order valence-electron chi connectivity index (χ2n) is 2.45. The summed E-state index contributed by atoms with van der Waals surface area (Å²) in [7, 11) is 0. The van der Waals surface area contributed by atoms with Crippen LogP contribution in [0.5, 0.6) is 0 Å². The first kappa shape index (κ1) is 10.7. The molecule has 0 spiro atoms. The zero-order valence-corrected chi connectivity index (χ0v) is 8.92. The van der Waals surface area contributed by atoms with E-state index in [0.29, 0.717) is 0 Å².